The van der Waals surface area contributed by atoms with Crippen LogP contribution in [0.15, 0.2) is 19.0 Å². The molecule has 3 heterocycles. The highest BCUT2D eigenvalue weighted by atomic mass is 15.2. The van der Waals surface area contributed by atoms with Crippen molar-refractivity contribution >= 4 is 0 Å². The summed E-state index contributed by atoms with van der Waals surface area (Å²) in [5.74, 6) is 0.950. The van der Waals surface area contributed by atoms with Crippen molar-refractivity contribution in [2.24, 2.45) is 5.92 Å². The largest absolute Gasteiger partial charge is 0.333 e. The van der Waals surface area contributed by atoms with E-state index >= 15 is 0 Å². The minimum atomic E-state index is 0.770. The second-order valence-corrected chi connectivity index (χ2v) is 6.00. The normalized spacial score (nSPS) is 19.8. The van der Waals surface area contributed by atoms with Crippen molar-refractivity contribution in [1.82, 2.24) is 29.2 Å². The van der Waals surface area contributed by atoms with Gasteiger partial charge in [0.05, 0.1) is 24.3 Å². The van der Waals surface area contributed by atoms with Crippen LogP contribution in [0.25, 0.3) is 0 Å². The zero-order valence-electron chi connectivity index (χ0n) is 11.6. The molecule has 0 unspecified atom stereocenters. The summed E-state index contributed by atoms with van der Waals surface area (Å²) in [5.41, 5.74) is 2.53. The van der Waals surface area contributed by atoms with Crippen LogP contribution >= 0.6 is 0 Å². The molecule has 0 radical (unpaired) electrons. The molecule has 2 aliphatic rings. The molecule has 6 heteroatoms. The number of imidazole rings is 1. The number of hydrogen-bond donors (Lipinski definition) is 0. The molecule has 2 aromatic rings. The summed E-state index contributed by atoms with van der Waals surface area (Å²) < 4.78 is 4.31. The highest BCUT2D eigenvalue weighted by Gasteiger charge is 2.26. The van der Waals surface area contributed by atoms with E-state index in [4.69, 9.17) is 0 Å². The van der Waals surface area contributed by atoms with Gasteiger partial charge in [0, 0.05) is 26.2 Å². The van der Waals surface area contributed by atoms with Gasteiger partial charge in [-0.3, -0.25) is 4.90 Å². The van der Waals surface area contributed by atoms with Crippen molar-refractivity contribution in [2.75, 3.05) is 13.1 Å². The summed E-state index contributed by atoms with van der Waals surface area (Å²) in [6.07, 6.45) is 9.57. The summed E-state index contributed by atoms with van der Waals surface area (Å²) in [6.45, 7) is 5.37. The van der Waals surface area contributed by atoms with E-state index in [0.29, 0.717) is 0 Å². The molecule has 1 aliphatic heterocycles. The summed E-state index contributed by atoms with van der Waals surface area (Å²) in [6, 6.07) is 0. The Morgan fingerprint density at radius 1 is 1.10 bits per heavy atom. The summed E-state index contributed by atoms with van der Waals surface area (Å²) in [7, 11) is 0. The van der Waals surface area contributed by atoms with Gasteiger partial charge in [0.1, 0.15) is 12.7 Å². The topological polar surface area (TPSA) is 51.8 Å². The molecular formula is C14H20N6. The smallest absolute Gasteiger partial charge is 0.119 e. The van der Waals surface area contributed by atoms with Gasteiger partial charge in [-0.1, -0.05) is 0 Å². The first-order valence-electron chi connectivity index (χ1n) is 7.46. The molecule has 0 bridgehead atoms. The number of nitrogens with zero attached hydrogens (tertiary/aromatic N) is 6. The summed E-state index contributed by atoms with van der Waals surface area (Å²) in [4.78, 5) is 7.21. The van der Waals surface area contributed by atoms with Crippen molar-refractivity contribution < 1.29 is 0 Å². The highest BCUT2D eigenvalue weighted by molar-refractivity contribution is 5.15. The predicted molar refractivity (Wildman–Crippen MR) is 74.0 cm³/mol. The second-order valence-electron chi connectivity index (χ2n) is 6.00. The van der Waals surface area contributed by atoms with Crippen molar-refractivity contribution in [3.8, 4) is 0 Å². The summed E-state index contributed by atoms with van der Waals surface area (Å²) in [5, 5.41) is 7.73. The molecule has 0 aromatic carbocycles. The van der Waals surface area contributed by atoms with Gasteiger partial charge in [-0.05, 0) is 25.2 Å². The fraction of sp³-hybridized carbons (Fsp3) is 0.643. The first-order valence-corrected chi connectivity index (χ1v) is 7.46. The van der Waals surface area contributed by atoms with Gasteiger partial charge in [-0.2, -0.15) is 0 Å². The van der Waals surface area contributed by atoms with Crippen LogP contribution in [0.3, 0.4) is 0 Å². The Balaban J connectivity index is 1.55. The maximum Gasteiger partial charge on any atom is 0.119 e. The third kappa shape index (κ3) is 2.47. The van der Waals surface area contributed by atoms with Gasteiger partial charge in [0.25, 0.3) is 0 Å². The molecule has 0 spiro atoms. The predicted octanol–water partition coefficient (Wildman–Crippen LogP) is 1.14. The van der Waals surface area contributed by atoms with Gasteiger partial charge in [0.15, 0.2) is 0 Å². The standard InChI is InChI=1S/C14H20N6/c1-4-18(6-12-2-3-12)8-14-13(15-9-20(14)5-1)7-19-10-16-17-11-19/h9-12H,1-8H2. The minimum Gasteiger partial charge on any atom is -0.333 e. The molecule has 6 nitrogen and oxygen atoms in total. The lowest BCUT2D eigenvalue weighted by molar-refractivity contribution is 0.257. The van der Waals surface area contributed by atoms with Gasteiger partial charge < -0.3 is 9.13 Å². The van der Waals surface area contributed by atoms with Crippen molar-refractivity contribution in [2.45, 2.75) is 38.9 Å². The SMILES string of the molecule is c1nncn1Cc1ncn2c1CN(CC1CC1)CCC2. The van der Waals surface area contributed by atoms with Crippen molar-refractivity contribution in [3.05, 3.63) is 30.4 Å². The van der Waals surface area contributed by atoms with E-state index < -0.39 is 0 Å². The maximum atomic E-state index is 4.60. The molecule has 0 N–H and O–H groups in total. The van der Waals surface area contributed by atoms with Crippen LogP contribution in [-0.2, 0) is 19.6 Å². The van der Waals surface area contributed by atoms with E-state index in [1.165, 1.54) is 38.0 Å². The van der Waals surface area contributed by atoms with Crippen LogP contribution < -0.4 is 0 Å². The molecule has 0 amide bonds. The van der Waals surface area contributed by atoms with Crippen LogP contribution in [0.1, 0.15) is 30.7 Å². The van der Waals surface area contributed by atoms with Crippen LogP contribution in [0, 0.1) is 5.92 Å². The Kier molecular flexibility index (Phi) is 3.03. The van der Waals surface area contributed by atoms with Gasteiger partial charge in [0.2, 0.25) is 0 Å². The van der Waals surface area contributed by atoms with E-state index in [-0.39, 0.29) is 0 Å². The number of fused-ring (bicyclic) bond motifs is 1. The van der Waals surface area contributed by atoms with Gasteiger partial charge in [-0.15, -0.1) is 10.2 Å². The van der Waals surface area contributed by atoms with Crippen molar-refractivity contribution in [3.63, 3.8) is 0 Å². The molecule has 0 saturated heterocycles. The molecule has 2 aromatic heterocycles. The first-order chi connectivity index (χ1) is 9.88. The Morgan fingerprint density at radius 2 is 1.95 bits per heavy atom. The Morgan fingerprint density at radius 3 is 2.75 bits per heavy atom. The molecule has 1 fully saturated rings. The van der Waals surface area contributed by atoms with Crippen LogP contribution in [-0.4, -0.2) is 42.3 Å². The van der Waals surface area contributed by atoms with E-state index in [0.717, 1.165) is 31.2 Å². The monoisotopic (exact) mass is 272 g/mol. The molecule has 106 valence electrons. The minimum absolute atomic E-state index is 0.770. The fourth-order valence-electron chi connectivity index (χ4n) is 3.01. The van der Waals surface area contributed by atoms with Crippen LogP contribution in [0.5, 0.6) is 0 Å². The number of rotatable bonds is 4. The Labute approximate surface area is 118 Å². The fourth-order valence-corrected chi connectivity index (χ4v) is 3.01. The highest BCUT2D eigenvalue weighted by Crippen LogP contribution is 2.31. The first kappa shape index (κ1) is 12.1. The van der Waals surface area contributed by atoms with E-state index in [1.807, 2.05) is 10.9 Å². The van der Waals surface area contributed by atoms with Gasteiger partial charge >= 0.3 is 0 Å². The second kappa shape index (κ2) is 5.01. The molecule has 0 atom stereocenters. The zero-order valence-corrected chi connectivity index (χ0v) is 11.6. The van der Waals surface area contributed by atoms with E-state index in [1.54, 1.807) is 12.7 Å². The summed E-state index contributed by atoms with van der Waals surface area (Å²) >= 11 is 0. The van der Waals surface area contributed by atoms with E-state index in [2.05, 4.69) is 24.6 Å². The van der Waals surface area contributed by atoms with Crippen LogP contribution in [0.2, 0.25) is 0 Å². The Hall–Kier alpha value is -1.69. The number of aromatic nitrogens is 5. The molecule has 4 rings (SSSR count). The van der Waals surface area contributed by atoms with E-state index in [9.17, 15) is 0 Å². The molecule has 1 saturated carbocycles. The quantitative estimate of drug-likeness (QED) is 0.837. The number of aryl methyl sites for hydroxylation is 1. The molecular weight excluding hydrogens is 252 g/mol. The molecule has 1 aliphatic carbocycles. The third-order valence-corrected chi connectivity index (χ3v) is 4.29. The number of hydrogen-bond acceptors (Lipinski definition) is 4. The lowest BCUT2D eigenvalue weighted by Crippen LogP contribution is -2.26. The lowest BCUT2D eigenvalue weighted by Gasteiger charge is -2.19. The van der Waals surface area contributed by atoms with Crippen LogP contribution in [0.4, 0.5) is 0 Å². The molecule has 20 heavy (non-hydrogen) atoms. The lowest BCUT2D eigenvalue weighted by atomic mass is 10.2. The average Bonchev–Trinajstić information content (AvgIpc) is 3.05. The maximum absolute atomic E-state index is 4.60. The Bertz CT molecular complexity index is 569. The average molecular weight is 272 g/mol. The third-order valence-electron chi connectivity index (χ3n) is 4.29. The zero-order chi connectivity index (χ0) is 13.4. The van der Waals surface area contributed by atoms with Crippen molar-refractivity contribution in [1.29, 1.82) is 0 Å². The van der Waals surface area contributed by atoms with Gasteiger partial charge in [-0.25, -0.2) is 4.98 Å².